The van der Waals surface area contributed by atoms with E-state index >= 15 is 0 Å². The molecular weight excluding hydrogens is 183 g/mol. The van der Waals surface area contributed by atoms with Crippen molar-refractivity contribution in [1.29, 1.82) is 0 Å². The molecule has 0 aliphatic heterocycles. The maximum atomic E-state index is 11.7. The molecule has 0 aliphatic carbocycles. The van der Waals surface area contributed by atoms with Crippen molar-refractivity contribution in [3.8, 4) is 5.88 Å². The summed E-state index contributed by atoms with van der Waals surface area (Å²) in [4.78, 5) is 3.66. The molecule has 1 rings (SSSR count). The molecule has 0 fully saturated rings. The normalized spacial score (nSPS) is 11.4. The fraction of sp³-hybridized carbons (Fsp3) is 0.375. The summed E-state index contributed by atoms with van der Waals surface area (Å²) in [5.41, 5.74) is 0.590. The number of rotatable bonds is 2. The zero-order chi connectivity index (χ0) is 9.90. The van der Waals surface area contributed by atoms with Gasteiger partial charge in [-0.3, -0.25) is 0 Å². The van der Waals surface area contributed by atoms with E-state index in [1.165, 1.54) is 6.20 Å². The molecule has 0 bridgehead atoms. The Bertz CT molecular complexity index is 285. The van der Waals surface area contributed by atoms with Crippen molar-refractivity contribution < 1.29 is 17.9 Å². The van der Waals surface area contributed by atoms with Gasteiger partial charge < -0.3 is 4.74 Å². The lowest BCUT2D eigenvalue weighted by molar-refractivity contribution is -0.154. The molecule has 2 nitrogen and oxygen atoms in total. The first-order chi connectivity index (χ1) is 5.99. The van der Waals surface area contributed by atoms with Crippen molar-refractivity contribution in [2.24, 2.45) is 0 Å². The molecule has 0 spiro atoms. The molecule has 1 aromatic rings. The second-order valence-electron chi connectivity index (χ2n) is 2.53. The average molecular weight is 191 g/mol. The number of aromatic nitrogens is 1. The largest absolute Gasteiger partial charge is 0.468 e. The minimum absolute atomic E-state index is 0.0276. The third kappa shape index (κ3) is 3.31. The van der Waals surface area contributed by atoms with Gasteiger partial charge >= 0.3 is 6.18 Å². The molecule has 0 atom stereocenters. The Morgan fingerprint density at radius 2 is 2.15 bits per heavy atom. The second kappa shape index (κ2) is 3.64. The van der Waals surface area contributed by atoms with E-state index in [2.05, 4.69) is 9.72 Å². The van der Waals surface area contributed by atoms with Crippen molar-refractivity contribution in [2.75, 3.05) is 6.61 Å². The minimum Gasteiger partial charge on any atom is -0.468 e. The Morgan fingerprint density at radius 1 is 1.46 bits per heavy atom. The number of hydrogen-bond acceptors (Lipinski definition) is 2. The van der Waals surface area contributed by atoms with E-state index in [0.29, 0.717) is 5.56 Å². The fourth-order valence-electron chi connectivity index (χ4n) is 0.773. The van der Waals surface area contributed by atoms with Gasteiger partial charge in [-0.05, 0) is 13.0 Å². The zero-order valence-corrected chi connectivity index (χ0v) is 6.93. The summed E-state index contributed by atoms with van der Waals surface area (Å²) in [5.74, 6) is 0.0276. The Hall–Kier alpha value is -1.26. The van der Waals surface area contributed by atoms with E-state index in [9.17, 15) is 13.2 Å². The number of pyridine rings is 1. The Balaban J connectivity index is 2.60. The van der Waals surface area contributed by atoms with Crippen LogP contribution in [-0.4, -0.2) is 17.8 Å². The lowest BCUT2D eigenvalue weighted by Gasteiger charge is -2.09. The second-order valence-corrected chi connectivity index (χ2v) is 2.53. The van der Waals surface area contributed by atoms with Crippen LogP contribution in [0.4, 0.5) is 13.2 Å². The first-order valence-corrected chi connectivity index (χ1v) is 3.60. The molecule has 0 amide bonds. The highest BCUT2D eigenvalue weighted by Crippen LogP contribution is 2.18. The van der Waals surface area contributed by atoms with Gasteiger partial charge in [0.25, 0.3) is 0 Å². The third-order valence-electron chi connectivity index (χ3n) is 1.33. The molecule has 0 aliphatic rings. The minimum atomic E-state index is -4.32. The number of halogens is 3. The van der Waals surface area contributed by atoms with Crippen LogP contribution in [0.2, 0.25) is 0 Å². The number of ether oxygens (including phenoxy) is 1. The van der Waals surface area contributed by atoms with Gasteiger partial charge in [0.15, 0.2) is 6.61 Å². The van der Waals surface area contributed by atoms with Crippen molar-refractivity contribution in [3.05, 3.63) is 23.9 Å². The number of nitrogens with zero attached hydrogens (tertiary/aromatic N) is 1. The van der Waals surface area contributed by atoms with E-state index < -0.39 is 12.8 Å². The van der Waals surface area contributed by atoms with Gasteiger partial charge in [0, 0.05) is 11.8 Å². The summed E-state index contributed by atoms with van der Waals surface area (Å²) in [5, 5.41) is 0. The molecule has 72 valence electrons. The maximum Gasteiger partial charge on any atom is 0.422 e. The van der Waals surface area contributed by atoms with Crippen LogP contribution in [0.15, 0.2) is 18.3 Å². The standard InChI is InChI=1S/C8H8F3NO/c1-6-3-2-4-12-7(6)13-5-8(9,10)11/h2-4H,5H2,1H3. The highest BCUT2D eigenvalue weighted by atomic mass is 19.4. The highest BCUT2D eigenvalue weighted by Gasteiger charge is 2.28. The van der Waals surface area contributed by atoms with Crippen LogP contribution in [0.25, 0.3) is 0 Å². The van der Waals surface area contributed by atoms with Crippen LogP contribution in [0.1, 0.15) is 5.56 Å². The molecule has 13 heavy (non-hydrogen) atoms. The van der Waals surface area contributed by atoms with E-state index in [-0.39, 0.29) is 5.88 Å². The van der Waals surface area contributed by atoms with Crippen LogP contribution >= 0.6 is 0 Å². The molecule has 0 unspecified atom stereocenters. The molecular formula is C8H8F3NO. The Morgan fingerprint density at radius 3 is 2.69 bits per heavy atom. The van der Waals surface area contributed by atoms with Gasteiger partial charge in [0.1, 0.15) is 0 Å². The molecule has 0 radical (unpaired) electrons. The fourth-order valence-corrected chi connectivity index (χ4v) is 0.773. The predicted molar refractivity (Wildman–Crippen MR) is 40.5 cm³/mol. The molecule has 5 heteroatoms. The molecule has 0 saturated carbocycles. The molecule has 1 heterocycles. The van der Waals surface area contributed by atoms with E-state index in [0.717, 1.165) is 0 Å². The molecule has 0 N–H and O–H groups in total. The van der Waals surface area contributed by atoms with Gasteiger partial charge in [-0.15, -0.1) is 0 Å². The van der Waals surface area contributed by atoms with Crippen molar-refractivity contribution >= 4 is 0 Å². The van der Waals surface area contributed by atoms with E-state index in [1.807, 2.05) is 0 Å². The predicted octanol–water partition coefficient (Wildman–Crippen LogP) is 2.33. The van der Waals surface area contributed by atoms with Gasteiger partial charge in [-0.25, -0.2) is 4.98 Å². The Labute approximate surface area is 73.4 Å². The number of aryl methyl sites for hydroxylation is 1. The van der Waals surface area contributed by atoms with E-state index in [1.54, 1.807) is 19.1 Å². The van der Waals surface area contributed by atoms with Gasteiger partial charge in [0.2, 0.25) is 5.88 Å². The van der Waals surface area contributed by atoms with Crippen LogP contribution in [0, 0.1) is 6.92 Å². The number of alkyl halides is 3. The van der Waals surface area contributed by atoms with Crippen LogP contribution in [0.3, 0.4) is 0 Å². The zero-order valence-electron chi connectivity index (χ0n) is 6.93. The Kier molecular flexibility index (Phi) is 2.75. The summed E-state index contributed by atoms with van der Waals surface area (Å²) in [6, 6.07) is 3.27. The number of hydrogen-bond donors (Lipinski definition) is 0. The van der Waals surface area contributed by atoms with Gasteiger partial charge in [0.05, 0.1) is 0 Å². The van der Waals surface area contributed by atoms with Gasteiger partial charge in [-0.2, -0.15) is 13.2 Å². The first-order valence-electron chi connectivity index (χ1n) is 3.60. The molecule has 0 aromatic carbocycles. The average Bonchev–Trinajstić information content (AvgIpc) is 2.01. The summed E-state index contributed by atoms with van der Waals surface area (Å²) in [6.45, 7) is 0.337. The smallest absolute Gasteiger partial charge is 0.422 e. The van der Waals surface area contributed by atoms with Crippen molar-refractivity contribution in [2.45, 2.75) is 13.1 Å². The molecule has 1 aromatic heterocycles. The van der Waals surface area contributed by atoms with Gasteiger partial charge in [-0.1, -0.05) is 6.07 Å². The third-order valence-corrected chi connectivity index (χ3v) is 1.33. The first kappa shape index (κ1) is 9.83. The monoisotopic (exact) mass is 191 g/mol. The lowest BCUT2D eigenvalue weighted by Crippen LogP contribution is -2.19. The van der Waals surface area contributed by atoms with Crippen molar-refractivity contribution in [3.63, 3.8) is 0 Å². The molecule has 0 saturated heterocycles. The topological polar surface area (TPSA) is 22.1 Å². The summed E-state index contributed by atoms with van der Waals surface area (Å²) >= 11 is 0. The van der Waals surface area contributed by atoms with Crippen LogP contribution in [-0.2, 0) is 0 Å². The summed E-state index contributed by atoms with van der Waals surface area (Å²) < 4.78 is 39.6. The summed E-state index contributed by atoms with van der Waals surface area (Å²) in [7, 11) is 0. The quantitative estimate of drug-likeness (QED) is 0.715. The van der Waals surface area contributed by atoms with Crippen LogP contribution in [0.5, 0.6) is 5.88 Å². The maximum absolute atomic E-state index is 11.7. The lowest BCUT2D eigenvalue weighted by atomic mass is 10.3. The summed E-state index contributed by atoms with van der Waals surface area (Å²) in [6.07, 6.45) is -2.93. The SMILES string of the molecule is Cc1cccnc1OCC(F)(F)F. The highest BCUT2D eigenvalue weighted by molar-refractivity contribution is 5.23. The van der Waals surface area contributed by atoms with E-state index in [4.69, 9.17) is 0 Å². The van der Waals surface area contributed by atoms with Crippen molar-refractivity contribution in [1.82, 2.24) is 4.98 Å². The van der Waals surface area contributed by atoms with Crippen LogP contribution < -0.4 is 4.74 Å².